The normalized spacial score (nSPS) is 12.6. The molecule has 8 heteroatoms. The molecule has 22 heavy (non-hydrogen) atoms. The van der Waals surface area contributed by atoms with Crippen LogP contribution in [0.3, 0.4) is 0 Å². The maximum atomic E-state index is 12.0. The Balaban J connectivity index is 2.11. The molecule has 2 N–H and O–H groups in total. The standard InChI is InChI=1S/C14H16N4O4/c1-2-3-6-10(13(20)21)15-12(19)9-18-14(22)17-8-5-4-7-11(17)16-18/h2-5,7-8,10H,6,9H2,1H3,(H,15,19)(H,20,21)/b3-2+. The lowest BCUT2D eigenvalue weighted by atomic mass is 10.2. The molecule has 1 amide bonds. The van der Waals surface area contributed by atoms with Crippen LogP contribution in [0.25, 0.3) is 5.65 Å². The van der Waals surface area contributed by atoms with E-state index in [2.05, 4.69) is 10.4 Å². The van der Waals surface area contributed by atoms with Crippen LogP contribution in [-0.4, -0.2) is 37.2 Å². The van der Waals surface area contributed by atoms with Crippen molar-refractivity contribution in [1.82, 2.24) is 19.5 Å². The minimum atomic E-state index is -1.13. The molecular weight excluding hydrogens is 288 g/mol. The number of carbonyl (C=O) groups is 2. The number of allylic oxidation sites excluding steroid dienone is 1. The molecule has 0 saturated carbocycles. The van der Waals surface area contributed by atoms with Crippen LogP contribution in [0.2, 0.25) is 0 Å². The Labute approximate surface area is 125 Å². The summed E-state index contributed by atoms with van der Waals surface area (Å²) in [4.78, 5) is 35.0. The van der Waals surface area contributed by atoms with Gasteiger partial charge in [0.1, 0.15) is 12.6 Å². The van der Waals surface area contributed by atoms with Crippen LogP contribution in [0, 0.1) is 0 Å². The zero-order valence-electron chi connectivity index (χ0n) is 12.0. The number of pyridine rings is 1. The highest BCUT2D eigenvalue weighted by atomic mass is 16.4. The predicted molar refractivity (Wildman–Crippen MR) is 78.4 cm³/mol. The van der Waals surface area contributed by atoms with Gasteiger partial charge in [-0.3, -0.25) is 9.20 Å². The maximum Gasteiger partial charge on any atom is 0.350 e. The number of hydrogen-bond donors (Lipinski definition) is 2. The first-order valence-corrected chi connectivity index (χ1v) is 6.70. The number of amides is 1. The zero-order chi connectivity index (χ0) is 16.1. The van der Waals surface area contributed by atoms with Gasteiger partial charge in [0.05, 0.1) is 0 Å². The highest BCUT2D eigenvalue weighted by Gasteiger charge is 2.19. The molecule has 0 spiro atoms. The quantitative estimate of drug-likeness (QED) is 0.733. The molecular formula is C14H16N4O4. The summed E-state index contributed by atoms with van der Waals surface area (Å²) in [6.07, 6.45) is 5.08. The minimum Gasteiger partial charge on any atom is -0.480 e. The molecule has 0 radical (unpaired) electrons. The number of nitrogens with one attached hydrogen (secondary N) is 1. The second kappa shape index (κ2) is 6.70. The molecule has 0 aliphatic heterocycles. The summed E-state index contributed by atoms with van der Waals surface area (Å²) >= 11 is 0. The molecule has 2 aromatic heterocycles. The molecule has 2 rings (SSSR count). The molecule has 1 atom stereocenters. The van der Waals surface area contributed by atoms with Crippen molar-refractivity contribution < 1.29 is 14.7 Å². The highest BCUT2D eigenvalue weighted by molar-refractivity contribution is 5.83. The number of aliphatic carboxylic acids is 1. The molecule has 0 aliphatic rings. The first kappa shape index (κ1) is 15.5. The molecule has 2 heterocycles. The van der Waals surface area contributed by atoms with E-state index >= 15 is 0 Å². The monoisotopic (exact) mass is 304 g/mol. The van der Waals surface area contributed by atoms with Crippen molar-refractivity contribution >= 4 is 17.5 Å². The van der Waals surface area contributed by atoms with Crippen LogP contribution in [0.4, 0.5) is 0 Å². The van der Waals surface area contributed by atoms with Crippen molar-refractivity contribution in [2.45, 2.75) is 25.9 Å². The Bertz CT molecular complexity index is 774. The maximum absolute atomic E-state index is 12.0. The molecule has 1 unspecified atom stereocenters. The Morgan fingerprint density at radius 2 is 2.23 bits per heavy atom. The fourth-order valence-corrected chi connectivity index (χ4v) is 1.94. The summed E-state index contributed by atoms with van der Waals surface area (Å²) < 4.78 is 2.31. The largest absolute Gasteiger partial charge is 0.480 e. The van der Waals surface area contributed by atoms with Crippen LogP contribution in [0.5, 0.6) is 0 Å². The van der Waals surface area contributed by atoms with Crippen molar-refractivity contribution in [2.75, 3.05) is 0 Å². The average molecular weight is 304 g/mol. The molecule has 0 aliphatic carbocycles. The molecule has 0 saturated heterocycles. The Kier molecular flexibility index (Phi) is 4.72. The second-order valence-corrected chi connectivity index (χ2v) is 4.63. The third-order valence-corrected chi connectivity index (χ3v) is 3.02. The van der Waals surface area contributed by atoms with Crippen LogP contribution in [0.1, 0.15) is 13.3 Å². The number of fused-ring (bicyclic) bond motifs is 1. The number of carboxylic acid groups (broad SMARTS) is 1. The van der Waals surface area contributed by atoms with Crippen molar-refractivity contribution in [3.05, 3.63) is 47.0 Å². The topological polar surface area (TPSA) is 106 Å². The van der Waals surface area contributed by atoms with Gasteiger partial charge in [-0.1, -0.05) is 18.2 Å². The molecule has 0 bridgehead atoms. The van der Waals surface area contributed by atoms with Crippen LogP contribution in [-0.2, 0) is 16.1 Å². The van der Waals surface area contributed by atoms with E-state index in [0.29, 0.717) is 5.65 Å². The van der Waals surface area contributed by atoms with E-state index in [9.17, 15) is 14.4 Å². The lowest BCUT2D eigenvalue weighted by molar-refractivity contribution is -0.141. The predicted octanol–water partition coefficient (Wildman–Crippen LogP) is 0.0316. The molecule has 116 valence electrons. The first-order chi connectivity index (χ1) is 10.5. The zero-order valence-corrected chi connectivity index (χ0v) is 12.0. The Hall–Kier alpha value is -2.90. The van der Waals surface area contributed by atoms with Crippen molar-refractivity contribution in [3.63, 3.8) is 0 Å². The molecule has 2 aromatic rings. The van der Waals surface area contributed by atoms with Gasteiger partial charge in [0, 0.05) is 6.20 Å². The van der Waals surface area contributed by atoms with Gasteiger partial charge < -0.3 is 10.4 Å². The number of hydrogen-bond acceptors (Lipinski definition) is 4. The molecule has 8 nitrogen and oxygen atoms in total. The summed E-state index contributed by atoms with van der Waals surface area (Å²) in [6.45, 7) is 1.43. The number of carbonyl (C=O) groups excluding carboxylic acids is 1. The smallest absolute Gasteiger partial charge is 0.350 e. The number of rotatable bonds is 6. The van der Waals surface area contributed by atoms with Gasteiger partial charge in [0.25, 0.3) is 0 Å². The summed E-state index contributed by atoms with van der Waals surface area (Å²) in [5.74, 6) is -1.71. The SMILES string of the molecule is C/C=C/CC(NC(=O)Cn1nc2ccccn2c1=O)C(=O)O. The van der Waals surface area contributed by atoms with Crippen LogP contribution >= 0.6 is 0 Å². The average Bonchev–Trinajstić information content (AvgIpc) is 2.80. The highest BCUT2D eigenvalue weighted by Crippen LogP contribution is 1.97. The van der Waals surface area contributed by atoms with Crippen LogP contribution < -0.4 is 11.0 Å². The first-order valence-electron chi connectivity index (χ1n) is 6.70. The van der Waals surface area contributed by atoms with E-state index in [-0.39, 0.29) is 13.0 Å². The molecule has 0 fully saturated rings. The lowest BCUT2D eigenvalue weighted by Crippen LogP contribution is -2.43. The lowest BCUT2D eigenvalue weighted by Gasteiger charge is -2.12. The van der Waals surface area contributed by atoms with E-state index in [1.807, 2.05) is 0 Å². The fourth-order valence-electron chi connectivity index (χ4n) is 1.94. The summed E-state index contributed by atoms with van der Waals surface area (Å²) in [6, 6.07) is 4.01. The van der Waals surface area contributed by atoms with Crippen molar-refractivity contribution in [2.24, 2.45) is 0 Å². The Morgan fingerprint density at radius 1 is 1.45 bits per heavy atom. The second-order valence-electron chi connectivity index (χ2n) is 4.63. The van der Waals surface area contributed by atoms with E-state index in [1.54, 1.807) is 43.5 Å². The minimum absolute atomic E-state index is 0.178. The van der Waals surface area contributed by atoms with Gasteiger partial charge in [0.2, 0.25) is 5.91 Å². The number of aromatic nitrogens is 3. The van der Waals surface area contributed by atoms with E-state index in [4.69, 9.17) is 5.11 Å². The van der Waals surface area contributed by atoms with E-state index in [1.165, 1.54) is 4.40 Å². The summed E-state index contributed by atoms with van der Waals surface area (Å²) in [7, 11) is 0. The third kappa shape index (κ3) is 3.40. The van der Waals surface area contributed by atoms with Gasteiger partial charge >= 0.3 is 11.7 Å². The third-order valence-electron chi connectivity index (χ3n) is 3.02. The fraction of sp³-hybridized carbons (Fsp3) is 0.286. The van der Waals surface area contributed by atoms with Crippen LogP contribution in [0.15, 0.2) is 41.3 Å². The molecule has 0 aromatic carbocycles. The van der Waals surface area contributed by atoms with E-state index < -0.39 is 23.6 Å². The van der Waals surface area contributed by atoms with Gasteiger partial charge in [-0.2, -0.15) is 0 Å². The summed E-state index contributed by atoms with van der Waals surface area (Å²) in [5.41, 5.74) is -0.0323. The van der Waals surface area contributed by atoms with Gasteiger partial charge in [-0.05, 0) is 25.5 Å². The van der Waals surface area contributed by atoms with E-state index in [0.717, 1.165) is 4.68 Å². The van der Waals surface area contributed by atoms with Gasteiger partial charge in [0.15, 0.2) is 5.65 Å². The Morgan fingerprint density at radius 3 is 2.86 bits per heavy atom. The summed E-state index contributed by atoms with van der Waals surface area (Å²) in [5, 5.41) is 15.4. The van der Waals surface area contributed by atoms with Gasteiger partial charge in [-0.25, -0.2) is 14.3 Å². The number of carboxylic acids is 1. The number of nitrogens with zero attached hydrogens (tertiary/aromatic N) is 3. The van der Waals surface area contributed by atoms with Crippen molar-refractivity contribution in [3.8, 4) is 0 Å². The van der Waals surface area contributed by atoms with Gasteiger partial charge in [-0.15, -0.1) is 5.10 Å². The van der Waals surface area contributed by atoms with Crippen molar-refractivity contribution in [1.29, 1.82) is 0 Å².